The summed E-state index contributed by atoms with van der Waals surface area (Å²) in [5.41, 5.74) is 2.08. The van der Waals surface area contributed by atoms with Crippen molar-refractivity contribution in [1.82, 2.24) is 0 Å². The van der Waals surface area contributed by atoms with E-state index in [1.807, 2.05) is 36.4 Å². The molecular weight excluding hydrogens is 548 g/mol. The molecule has 0 saturated heterocycles. The van der Waals surface area contributed by atoms with Crippen LogP contribution in [-0.4, -0.2) is 49.3 Å². The Labute approximate surface area is 259 Å². The standard InChI is InChI=1S/C11H20O2.C8H14O2.C8H8.C5H8O2.C3H4O2/c1-4-7-8-10(5-2)9-13-11(12)6-3;1-4-5-6-10-8(9)7(2)3;1-2-8-6-4-3-5-7-8;1-4(2)5(6)7-3;1-2-3(4)5/h6,10H,3-5,7-9H2,1-2H3;2,4-6H2,1,3H3;2-7H,1H2;1H2,2-3H3;2H,1H2,(H,4,5). The van der Waals surface area contributed by atoms with Crippen molar-refractivity contribution in [3.63, 3.8) is 0 Å². The Morgan fingerprint density at radius 1 is 0.837 bits per heavy atom. The van der Waals surface area contributed by atoms with Gasteiger partial charge in [0.1, 0.15) is 0 Å². The van der Waals surface area contributed by atoms with Gasteiger partial charge >= 0.3 is 23.9 Å². The van der Waals surface area contributed by atoms with Crippen molar-refractivity contribution in [2.24, 2.45) is 5.92 Å². The van der Waals surface area contributed by atoms with Gasteiger partial charge in [-0.1, -0.05) is 116 Å². The Balaban J connectivity index is -0.000000229. The van der Waals surface area contributed by atoms with Gasteiger partial charge in [-0.2, -0.15) is 0 Å². The van der Waals surface area contributed by atoms with Crippen molar-refractivity contribution in [3.8, 4) is 0 Å². The van der Waals surface area contributed by atoms with E-state index in [9.17, 15) is 19.2 Å². The molecule has 0 aliphatic carbocycles. The smallest absolute Gasteiger partial charge is 0.333 e. The monoisotopic (exact) mass is 602 g/mol. The molecule has 0 aliphatic rings. The van der Waals surface area contributed by atoms with Gasteiger partial charge in [0.05, 0.1) is 20.3 Å². The van der Waals surface area contributed by atoms with E-state index >= 15 is 0 Å². The molecule has 43 heavy (non-hydrogen) atoms. The van der Waals surface area contributed by atoms with Crippen LogP contribution in [0.3, 0.4) is 0 Å². The van der Waals surface area contributed by atoms with Crippen LogP contribution in [0, 0.1) is 5.92 Å². The molecule has 1 unspecified atom stereocenters. The van der Waals surface area contributed by atoms with Crippen LogP contribution in [-0.2, 0) is 33.4 Å². The molecule has 0 radical (unpaired) electrons. The Morgan fingerprint density at radius 3 is 1.65 bits per heavy atom. The fraction of sp³-hybridized carbons (Fsp3) is 0.429. The average molecular weight is 603 g/mol. The highest BCUT2D eigenvalue weighted by molar-refractivity contribution is 5.87. The molecule has 0 heterocycles. The normalized spacial score (nSPS) is 9.35. The summed E-state index contributed by atoms with van der Waals surface area (Å²) in [6, 6.07) is 10.0. The van der Waals surface area contributed by atoms with Crippen molar-refractivity contribution in [1.29, 1.82) is 0 Å². The summed E-state index contributed by atoms with van der Waals surface area (Å²) in [6.45, 7) is 27.4. The molecule has 8 nitrogen and oxygen atoms in total. The molecule has 1 aromatic rings. The van der Waals surface area contributed by atoms with E-state index in [0.717, 1.165) is 31.8 Å². The van der Waals surface area contributed by atoms with Crippen LogP contribution in [0.4, 0.5) is 0 Å². The maximum atomic E-state index is 10.8. The number of rotatable bonds is 14. The average Bonchev–Trinajstić information content (AvgIpc) is 3.02. The highest BCUT2D eigenvalue weighted by atomic mass is 16.5. The molecule has 1 aromatic carbocycles. The molecule has 1 N–H and O–H groups in total. The lowest BCUT2D eigenvalue weighted by atomic mass is 10.0. The van der Waals surface area contributed by atoms with E-state index in [1.54, 1.807) is 13.8 Å². The van der Waals surface area contributed by atoms with Crippen LogP contribution in [0.25, 0.3) is 6.08 Å². The second-order valence-corrected chi connectivity index (χ2v) is 8.95. The number of carbonyl (C=O) groups is 4. The minimum absolute atomic E-state index is 0.284. The van der Waals surface area contributed by atoms with E-state index in [2.05, 4.69) is 58.4 Å². The van der Waals surface area contributed by atoms with E-state index in [1.165, 1.54) is 31.6 Å². The molecule has 8 heteroatoms. The summed E-state index contributed by atoms with van der Waals surface area (Å²) in [7, 11) is 1.33. The maximum absolute atomic E-state index is 10.8. The number of methoxy groups -OCH3 is 1. The molecular formula is C35H54O8. The van der Waals surface area contributed by atoms with Crippen LogP contribution >= 0.6 is 0 Å². The van der Waals surface area contributed by atoms with Gasteiger partial charge < -0.3 is 19.3 Å². The van der Waals surface area contributed by atoms with Crippen LogP contribution < -0.4 is 0 Å². The summed E-state index contributed by atoms with van der Waals surface area (Å²) in [5.74, 6) is -1.41. The maximum Gasteiger partial charge on any atom is 0.333 e. The number of ether oxygens (including phenoxy) is 3. The quantitative estimate of drug-likeness (QED) is 0.0981. The molecule has 0 aromatic heterocycles. The Bertz CT molecular complexity index is 948. The van der Waals surface area contributed by atoms with E-state index in [4.69, 9.17) is 14.6 Å². The van der Waals surface area contributed by atoms with Gasteiger partial charge in [-0.25, -0.2) is 19.2 Å². The van der Waals surface area contributed by atoms with Crippen molar-refractivity contribution in [2.45, 2.75) is 73.1 Å². The number of carbonyl (C=O) groups excluding carboxylic acids is 3. The number of esters is 3. The number of unbranched alkanes of at least 4 members (excludes halogenated alkanes) is 2. The third kappa shape index (κ3) is 37.8. The van der Waals surface area contributed by atoms with Crippen LogP contribution in [0.2, 0.25) is 0 Å². The zero-order chi connectivity index (χ0) is 34.1. The molecule has 0 spiro atoms. The molecule has 0 fully saturated rings. The third-order valence-corrected chi connectivity index (χ3v) is 4.99. The Kier molecular flexibility index (Phi) is 36.2. The number of carboxylic acid groups (broad SMARTS) is 1. The zero-order valence-electron chi connectivity index (χ0n) is 27.2. The summed E-state index contributed by atoms with van der Waals surface area (Å²) in [5, 5.41) is 7.60. The number of aliphatic carboxylic acids is 1. The molecule has 0 saturated carbocycles. The van der Waals surface area contributed by atoms with Crippen molar-refractivity contribution in [3.05, 3.63) is 92.1 Å². The molecule has 1 atom stereocenters. The minimum atomic E-state index is -0.981. The van der Waals surface area contributed by atoms with Crippen LogP contribution in [0.5, 0.6) is 0 Å². The first kappa shape index (κ1) is 45.8. The zero-order valence-corrected chi connectivity index (χ0v) is 27.2. The van der Waals surface area contributed by atoms with E-state index in [-0.39, 0.29) is 17.9 Å². The van der Waals surface area contributed by atoms with Gasteiger partial charge in [-0.3, -0.25) is 0 Å². The summed E-state index contributed by atoms with van der Waals surface area (Å²) in [6.07, 6.45) is 10.5. The number of hydrogen-bond donors (Lipinski definition) is 1. The minimum Gasteiger partial charge on any atom is -0.478 e. The summed E-state index contributed by atoms with van der Waals surface area (Å²) >= 11 is 0. The molecule has 0 aliphatic heterocycles. The highest BCUT2D eigenvalue weighted by Gasteiger charge is 2.07. The summed E-state index contributed by atoms with van der Waals surface area (Å²) < 4.78 is 14.1. The Hall–Kier alpha value is -4.20. The van der Waals surface area contributed by atoms with Gasteiger partial charge in [0.15, 0.2) is 0 Å². The predicted molar refractivity (Wildman–Crippen MR) is 176 cm³/mol. The highest BCUT2D eigenvalue weighted by Crippen LogP contribution is 2.12. The molecule has 0 amide bonds. The molecule has 242 valence electrons. The first-order valence-corrected chi connectivity index (χ1v) is 14.2. The fourth-order valence-corrected chi connectivity index (χ4v) is 2.35. The van der Waals surface area contributed by atoms with Crippen molar-refractivity contribution >= 4 is 30.0 Å². The van der Waals surface area contributed by atoms with Crippen molar-refractivity contribution < 1.29 is 38.5 Å². The largest absolute Gasteiger partial charge is 0.478 e. The number of benzene rings is 1. The fourth-order valence-electron chi connectivity index (χ4n) is 2.35. The molecule has 1 rings (SSSR count). The van der Waals surface area contributed by atoms with Crippen LogP contribution in [0.15, 0.2) is 86.5 Å². The Morgan fingerprint density at radius 2 is 1.35 bits per heavy atom. The second kappa shape index (κ2) is 34.0. The van der Waals surface area contributed by atoms with Gasteiger partial charge in [-0.15, -0.1) is 0 Å². The SMILES string of the molecule is C=C(C)C(=O)OC.C=C(C)C(=O)OCCCC.C=CC(=O)O.C=CC(=O)OCC(CC)CCCC.C=Cc1ccccc1. The summed E-state index contributed by atoms with van der Waals surface area (Å²) in [4.78, 5) is 40.9. The first-order chi connectivity index (χ1) is 20.3. The van der Waals surface area contributed by atoms with E-state index in [0.29, 0.717) is 30.3 Å². The molecule has 0 bridgehead atoms. The first-order valence-electron chi connectivity index (χ1n) is 14.2. The lowest BCUT2D eigenvalue weighted by Crippen LogP contribution is -2.12. The third-order valence-electron chi connectivity index (χ3n) is 4.99. The van der Waals surface area contributed by atoms with Crippen molar-refractivity contribution in [2.75, 3.05) is 20.3 Å². The number of hydrogen-bond acceptors (Lipinski definition) is 7. The lowest BCUT2D eigenvalue weighted by molar-refractivity contribution is -0.140. The van der Waals surface area contributed by atoms with Gasteiger partial charge in [0.2, 0.25) is 0 Å². The van der Waals surface area contributed by atoms with Gasteiger partial charge in [0.25, 0.3) is 0 Å². The topological polar surface area (TPSA) is 116 Å². The predicted octanol–water partition coefficient (Wildman–Crippen LogP) is 8.16. The second-order valence-electron chi connectivity index (χ2n) is 8.95. The van der Waals surface area contributed by atoms with Gasteiger partial charge in [0, 0.05) is 23.3 Å². The number of carboxylic acids is 1. The lowest BCUT2D eigenvalue weighted by Gasteiger charge is -2.13. The van der Waals surface area contributed by atoms with Crippen LogP contribution in [0.1, 0.15) is 78.7 Å². The van der Waals surface area contributed by atoms with Gasteiger partial charge in [-0.05, 0) is 38.2 Å². The van der Waals surface area contributed by atoms with E-state index < -0.39 is 5.97 Å².